The molecule has 0 aliphatic carbocycles. The number of rotatable bonds is 5. The van der Waals surface area contributed by atoms with Crippen LogP contribution >= 0.6 is 11.8 Å². The molecule has 0 aliphatic heterocycles. The standard InChI is InChI=1S/C8H12N2O2S/c1-11-3-4-12-7-5-10-8(13-2)6-9-7/h5-6H,3-4H2,1-2H3. The minimum atomic E-state index is 0.504. The lowest BCUT2D eigenvalue weighted by molar-refractivity contribution is 0.143. The Morgan fingerprint density at radius 3 is 2.69 bits per heavy atom. The van der Waals surface area contributed by atoms with Gasteiger partial charge in [-0.1, -0.05) is 0 Å². The molecule has 1 heterocycles. The summed E-state index contributed by atoms with van der Waals surface area (Å²) in [5.74, 6) is 0.537. The molecule has 13 heavy (non-hydrogen) atoms. The first-order valence-corrected chi connectivity index (χ1v) is 5.07. The molecule has 0 aromatic carbocycles. The lowest BCUT2D eigenvalue weighted by atomic mass is 10.7. The fraction of sp³-hybridized carbons (Fsp3) is 0.500. The molecule has 0 fully saturated rings. The van der Waals surface area contributed by atoms with E-state index in [4.69, 9.17) is 9.47 Å². The van der Waals surface area contributed by atoms with E-state index in [0.717, 1.165) is 5.03 Å². The van der Waals surface area contributed by atoms with Crippen molar-refractivity contribution < 1.29 is 9.47 Å². The monoisotopic (exact) mass is 200 g/mol. The van der Waals surface area contributed by atoms with Crippen LogP contribution in [0.2, 0.25) is 0 Å². The number of thioether (sulfide) groups is 1. The van der Waals surface area contributed by atoms with Gasteiger partial charge in [-0.2, -0.15) is 0 Å². The maximum atomic E-state index is 5.24. The predicted molar refractivity (Wildman–Crippen MR) is 51.2 cm³/mol. The second-order valence-corrected chi connectivity index (χ2v) is 3.06. The first-order chi connectivity index (χ1) is 6.36. The van der Waals surface area contributed by atoms with Gasteiger partial charge in [-0.3, -0.25) is 0 Å². The molecule has 0 amide bonds. The molecule has 1 aromatic rings. The van der Waals surface area contributed by atoms with Crippen LogP contribution in [-0.4, -0.2) is 36.5 Å². The van der Waals surface area contributed by atoms with E-state index in [2.05, 4.69) is 9.97 Å². The van der Waals surface area contributed by atoms with Gasteiger partial charge in [-0.05, 0) is 6.26 Å². The molecule has 0 radical (unpaired) electrons. The molecule has 0 N–H and O–H groups in total. The van der Waals surface area contributed by atoms with E-state index < -0.39 is 0 Å². The van der Waals surface area contributed by atoms with E-state index >= 15 is 0 Å². The summed E-state index contributed by atoms with van der Waals surface area (Å²) in [5, 5.41) is 0.888. The van der Waals surface area contributed by atoms with E-state index in [0.29, 0.717) is 19.1 Å². The highest BCUT2D eigenvalue weighted by Crippen LogP contribution is 2.11. The van der Waals surface area contributed by atoms with Gasteiger partial charge in [0.2, 0.25) is 5.88 Å². The van der Waals surface area contributed by atoms with E-state index in [1.807, 2.05) is 6.26 Å². The van der Waals surface area contributed by atoms with Crippen molar-refractivity contribution in [1.29, 1.82) is 0 Å². The van der Waals surface area contributed by atoms with Crippen LogP contribution in [0, 0.1) is 0 Å². The number of ether oxygens (including phenoxy) is 2. The zero-order chi connectivity index (χ0) is 9.52. The van der Waals surface area contributed by atoms with E-state index in [9.17, 15) is 0 Å². The predicted octanol–water partition coefficient (Wildman–Crippen LogP) is 1.22. The first kappa shape index (κ1) is 10.3. The molecular formula is C8H12N2O2S. The van der Waals surface area contributed by atoms with Gasteiger partial charge < -0.3 is 9.47 Å². The summed E-state index contributed by atoms with van der Waals surface area (Å²) < 4.78 is 10.1. The quantitative estimate of drug-likeness (QED) is 0.528. The summed E-state index contributed by atoms with van der Waals surface area (Å²) in [6, 6.07) is 0. The van der Waals surface area contributed by atoms with Crippen LogP contribution in [0.25, 0.3) is 0 Å². The Morgan fingerprint density at radius 1 is 1.31 bits per heavy atom. The number of nitrogens with zero attached hydrogens (tertiary/aromatic N) is 2. The Balaban J connectivity index is 2.40. The number of hydrogen-bond donors (Lipinski definition) is 0. The van der Waals surface area contributed by atoms with Crippen LogP contribution in [0.1, 0.15) is 0 Å². The van der Waals surface area contributed by atoms with Crippen molar-refractivity contribution in [1.82, 2.24) is 9.97 Å². The highest BCUT2D eigenvalue weighted by Gasteiger charge is 1.96. The summed E-state index contributed by atoms with van der Waals surface area (Å²) in [6.07, 6.45) is 5.25. The lowest BCUT2D eigenvalue weighted by Gasteiger charge is -2.03. The van der Waals surface area contributed by atoms with Crippen LogP contribution in [0.3, 0.4) is 0 Å². The minimum absolute atomic E-state index is 0.504. The van der Waals surface area contributed by atoms with Gasteiger partial charge in [0.1, 0.15) is 11.6 Å². The highest BCUT2D eigenvalue weighted by molar-refractivity contribution is 7.98. The van der Waals surface area contributed by atoms with E-state index in [-0.39, 0.29) is 0 Å². The molecule has 0 unspecified atom stereocenters. The fourth-order valence-electron chi connectivity index (χ4n) is 0.714. The first-order valence-electron chi connectivity index (χ1n) is 3.84. The van der Waals surface area contributed by atoms with Gasteiger partial charge in [-0.15, -0.1) is 11.8 Å². The molecule has 0 saturated carbocycles. The summed E-state index contributed by atoms with van der Waals surface area (Å²) in [4.78, 5) is 8.17. The average molecular weight is 200 g/mol. The second-order valence-electron chi connectivity index (χ2n) is 2.24. The summed E-state index contributed by atoms with van der Waals surface area (Å²) >= 11 is 1.55. The largest absolute Gasteiger partial charge is 0.474 e. The molecule has 1 rings (SSSR count). The maximum Gasteiger partial charge on any atom is 0.232 e. The average Bonchev–Trinajstić information content (AvgIpc) is 2.19. The van der Waals surface area contributed by atoms with Crippen molar-refractivity contribution in [2.24, 2.45) is 0 Å². The SMILES string of the molecule is COCCOc1cnc(SC)cn1. The van der Waals surface area contributed by atoms with Gasteiger partial charge in [0.15, 0.2) is 0 Å². The van der Waals surface area contributed by atoms with Crippen LogP contribution in [0.15, 0.2) is 17.4 Å². The van der Waals surface area contributed by atoms with Gasteiger partial charge in [0.25, 0.3) is 0 Å². The normalized spacial score (nSPS) is 10.0. The molecule has 0 aliphatic rings. The molecule has 5 heteroatoms. The number of methoxy groups -OCH3 is 1. The molecule has 0 bridgehead atoms. The number of aromatic nitrogens is 2. The Kier molecular flexibility index (Phi) is 4.56. The van der Waals surface area contributed by atoms with Crippen LogP contribution in [0.5, 0.6) is 5.88 Å². The molecule has 0 saturated heterocycles. The zero-order valence-electron chi connectivity index (χ0n) is 7.69. The summed E-state index contributed by atoms with van der Waals surface area (Å²) in [5.41, 5.74) is 0. The fourth-order valence-corrected chi connectivity index (χ4v) is 1.03. The van der Waals surface area contributed by atoms with Gasteiger partial charge in [0, 0.05) is 7.11 Å². The van der Waals surface area contributed by atoms with E-state index in [1.54, 1.807) is 31.3 Å². The molecule has 0 atom stereocenters. The Hall–Kier alpha value is -0.810. The van der Waals surface area contributed by atoms with Crippen molar-refractivity contribution in [3.63, 3.8) is 0 Å². The lowest BCUT2D eigenvalue weighted by Crippen LogP contribution is -2.05. The minimum Gasteiger partial charge on any atom is -0.474 e. The highest BCUT2D eigenvalue weighted by atomic mass is 32.2. The molecule has 1 aromatic heterocycles. The Labute approximate surface area is 81.7 Å². The van der Waals surface area contributed by atoms with Crippen LogP contribution in [-0.2, 0) is 4.74 Å². The number of hydrogen-bond acceptors (Lipinski definition) is 5. The third kappa shape index (κ3) is 3.61. The van der Waals surface area contributed by atoms with Crippen LogP contribution < -0.4 is 4.74 Å². The zero-order valence-corrected chi connectivity index (χ0v) is 8.50. The van der Waals surface area contributed by atoms with Crippen molar-refractivity contribution in [2.75, 3.05) is 26.6 Å². The Bertz CT molecular complexity index is 240. The summed E-state index contributed by atoms with van der Waals surface area (Å²) in [6.45, 7) is 1.07. The van der Waals surface area contributed by atoms with Crippen molar-refractivity contribution in [3.8, 4) is 5.88 Å². The molecule has 4 nitrogen and oxygen atoms in total. The second kappa shape index (κ2) is 5.77. The summed E-state index contributed by atoms with van der Waals surface area (Å²) in [7, 11) is 1.63. The molecular weight excluding hydrogens is 188 g/mol. The van der Waals surface area contributed by atoms with E-state index in [1.165, 1.54) is 0 Å². The van der Waals surface area contributed by atoms with Crippen molar-refractivity contribution >= 4 is 11.8 Å². The van der Waals surface area contributed by atoms with Crippen LogP contribution in [0.4, 0.5) is 0 Å². The molecule has 72 valence electrons. The van der Waals surface area contributed by atoms with Gasteiger partial charge >= 0.3 is 0 Å². The van der Waals surface area contributed by atoms with Crippen molar-refractivity contribution in [2.45, 2.75) is 5.03 Å². The van der Waals surface area contributed by atoms with Crippen molar-refractivity contribution in [3.05, 3.63) is 12.4 Å². The third-order valence-corrected chi connectivity index (χ3v) is 1.98. The van der Waals surface area contributed by atoms with Gasteiger partial charge in [0.05, 0.1) is 19.0 Å². The maximum absolute atomic E-state index is 5.24. The topological polar surface area (TPSA) is 44.2 Å². The smallest absolute Gasteiger partial charge is 0.232 e. The Morgan fingerprint density at radius 2 is 2.15 bits per heavy atom. The third-order valence-electron chi connectivity index (χ3n) is 1.35. The van der Waals surface area contributed by atoms with Gasteiger partial charge in [-0.25, -0.2) is 9.97 Å². The molecule has 0 spiro atoms.